The molecule has 14 heavy (non-hydrogen) atoms. The van der Waals surface area contributed by atoms with Gasteiger partial charge in [0.1, 0.15) is 0 Å². The molecule has 0 aromatic heterocycles. The van der Waals surface area contributed by atoms with E-state index in [-0.39, 0.29) is 0 Å². The average molecular weight is 197 g/mol. The molecule has 0 aromatic carbocycles. The quantitative estimate of drug-likeness (QED) is 0.747. The Hall–Kier alpha value is -0.0800. The highest BCUT2D eigenvalue weighted by Crippen LogP contribution is 2.30. The Labute approximate surface area is 87.4 Å². The van der Waals surface area contributed by atoms with Crippen LogP contribution in [-0.4, -0.2) is 25.3 Å². The number of hydrogen-bond donors (Lipinski definition) is 1. The zero-order valence-electron chi connectivity index (χ0n) is 9.30. The summed E-state index contributed by atoms with van der Waals surface area (Å²) in [6.07, 6.45) is 8.30. The highest BCUT2D eigenvalue weighted by atomic mass is 16.5. The van der Waals surface area contributed by atoms with E-state index in [9.17, 15) is 0 Å². The smallest absolute Gasteiger partial charge is 0.0619 e. The van der Waals surface area contributed by atoms with Gasteiger partial charge in [-0.1, -0.05) is 19.3 Å². The normalized spacial score (nSPS) is 31.1. The second kappa shape index (κ2) is 5.13. The minimum atomic E-state index is 0.624. The largest absolute Gasteiger partial charge is 0.380 e. The van der Waals surface area contributed by atoms with E-state index in [0.29, 0.717) is 12.1 Å². The van der Waals surface area contributed by atoms with E-state index in [1.165, 1.54) is 38.5 Å². The molecule has 1 aliphatic carbocycles. The third-order valence-electron chi connectivity index (χ3n) is 3.59. The second-order valence-electron chi connectivity index (χ2n) is 5.01. The molecule has 2 unspecified atom stereocenters. The van der Waals surface area contributed by atoms with E-state index in [2.05, 4.69) is 12.2 Å². The molecule has 2 nitrogen and oxygen atoms in total. The second-order valence-corrected chi connectivity index (χ2v) is 5.01. The van der Waals surface area contributed by atoms with Crippen LogP contribution in [0.3, 0.4) is 0 Å². The SMILES string of the molecule is CC(CC1CCC1)NC1CCCOC1. The maximum absolute atomic E-state index is 5.47. The fourth-order valence-corrected chi connectivity index (χ4v) is 2.57. The predicted molar refractivity (Wildman–Crippen MR) is 58.4 cm³/mol. The monoisotopic (exact) mass is 197 g/mol. The number of hydrogen-bond acceptors (Lipinski definition) is 2. The molecule has 2 atom stereocenters. The summed E-state index contributed by atoms with van der Waals surface area (Å²) in [5, 5.41) is 3.69. The predicted octanol–water partition coefficient (Wildman–Crippen LogP) is 2.33. The van der Waals surface area contributed by atoms with Crippen LogP contribution >= 0.6 is 0 Å². The maximum Gasteiger partial charge on any atom is 0.0619 e. The van der Waals surface area contributed by atoms with Crippen molar-refractivity contribution in [2.24, 2.45) is 5.92 Å². The molecule has 82 valence electrons. The summed E-state index contributed by atoms with van der Waals surface area (Å²) in [4.78, 5) is 0. The topological polar surface area (TPSA) is 21.3 Å². The van der Waals surface area contributed by atoms with Crippen LogP contribution in [0.1, 0.15) is 45.4 Å². The van der Waals surface area contributed by atoms with E-state index in [1.54, 1.807) is 0 Å². The molecule has 0 radical (unpaired) electrons. The van der Waals surface area contributed by atoms with Crippen molar-refractivity contribution >= 4 is 0 Å². The summed E-state index contributed by atoms with van der Waals surface area (Å²) in [7, 11) is 0. The molecule has 1 aliphatic heterocycles. The summed E-state index contributed by atoms with van der Waals surface area (Å²) in [5.74, 6) is 1.02. The molecule has 1 heterocycles. The summed E-state index contributed by atoms with van der Waals surface area (Å²) in [6, 6.07) is 1.31. The third-order valence-corrected chi connectivity index (χ3v) is 3.59. The fraction of sp³-hybridized carbons (Fsp3) is 1.00. The number of rotatable bonds is 4. The van der Waals surface area contributed by atoms with Gasteiger partial charge < -0.3 is 10.1 Å². The van der Waals surface area contributed by atoms with Crippen LogP contribution in [0.2, 0.25) is 0 Å². The van der Waals surface area contributed by atoms with Gasteiger partial charge in [-0.15, -0.1) is 0 Å². The molecule has 1 saturated carbocycles. The Morgan fingerprint density at radius 1 is 1.29 bits per heavy atom. The van der Waals surface area contributed by atoms with Gasteiger partial charge in [0.05, 0.1) is 6.61 Å². The third kappa shape index (κ3) is 2.96. The van der Waals surface area contributed by atoms with E-state index in [4.69, 9.17) is 4.74 Å². The van der Waals surface area contributed by atoms with Crippen LogP contribution in [0.4, 0.5) is 0 Å². The van der Waals surface area contributed by atoms with Gasteiger partial charge in [-0.2, -0.15) is 0 Å². The highest BCUT2D eigenvalue weighted by Gasteiger charge is 2.22. The summed E-state index contributed by atoms with van der Waals surface area (Å²) < 4.78 is 5.47. The summed E-state index contributed by atoms with van der Waals surface area (Å²) in [6.45, 7) is 4.22. The lowest BCUT2D eigenvalue weighted by molar-refractivity contribution is 0.0650. The van der Waals surface area contributed by atoms with E-state index in [1.807, 2.05) is 0 Å². The molecule has 2 rings (SSSR count). The minimum Gasteiger partial charge on any atom is -0.380 e. The minimum absolute atomic E-state index is 0.624. The molecule has 2 aliphatic rings. The first-order valence-corrected chi connectivity index (χ1v) is 6.18. The maximum atomic E-state index is 5.47. The first-order chi connectivity index (χ1) is 6.84. The zero-order chi connectivity index (χ0) is 9.80. The fourth-order valence-electron chi connectivity index (χ4n) is 2.57. The van der Waals surface area contributed by atoms with Crippen molar-refractivity contribution in [3.8, 4) is 0 Å². The first-order valence-electron chi connectivity index (χ1n) is 6.18. The lowest BCUT2D eigenvalue weighted by Crippen LogP contribution is -2.43. The molecular formula is C12H23NO. The van der Waals surface area contributed by atoms with Crippen molar-refractivity contribution in [1.29, 1.82) is 0 Å². The van der Waals surface area contributed by atoms with Gasteiger partial charge in [-0.05, 0) is 32.1 Å². The van der Waals surface area contributed by atoms with Gasteiger partial charge in [0.2, 0.25) is 0 Å². The molecule has 1 saturated heterocycles. The summed E-state index contributed by atoms with van der Waals surface area (Å²) >= 11 is 0. The van der Waals surface area contributed by atoms with Crippen molar-refractivity contribution in [3.63, 3.8) is 0 Å². The zero-order valence-corrected chi connectivity index (χ0v) is 9.30. The summed E-state index contributed by atoms with van der Waals surface area (Å²) in [5.41, 5.74) is 0. The standard InChI is InChI=1S/C12H23NO/c1-10(8-11-4-2-5-11)13-12-6-3-7-14-9-12/h10-13H,2-9H2,1H3. The lowest BCUT2D eigenvalue weighted by Gasteiger charge is -2.32. The molecular weight excluding hydrogens is 174 g/mol. The van der Waals surface area contributed by atoms with Crippen molar-refractivity contribution in [1.82, 2.24) is 5.32 Å². The number of ether oxygens (including phenoxy) is 1. The van der Waals surface area contributed by atoms with Crippen LogP contribution in [-0.2, 0) is 4.74 Å². The molecule has 1 N–H and O–H groups in total. The average Bonchev–Trinajstić information content (AvgIpc) is 2.13. The molecule has 0 bridgehead atoms. The Morgan fingerprint density at radius 2 is 2.14 bits per heavy atom. The van der Waals surface area contributed by atoms with Gasteiger partial charge in [-0.3, -0.25) is 0 Å². The van der Waals surface area contributed by atoms with Gasteiger partial charge in [0.15, 0.2) is 0 Å². The van der Waals surface area contributed by atoms with Crippen LogP contribution in [0.15, 0.2) is 0 Å². The van der Waals surface area contributed by atoms with Crippen LogP contribution < -0.4 is 5.32 Å². The van der Waals surface area contributed by atoms with Gasteiger partial charge in [-0.25, -0.2) is 0 Å². The van der Waals surface area contributed by atoms with E-state index in [0.717, 1.165) is 19.1 Å². The van der Waals surface area contributed by atoms with Crippen LogP contribution in [0.5, 0.6) is 0 Å². The molecule has 0 spiro atoms. The first kappa shape index (κ1) is 10.4. The van der Waals surface area contributed by atoms with Crippen molar-refractivity contribution in [2.45, 2.75) is 57.5 Å². The molecule has 0 aromatic rings. The lowest BCUT2D eigenvalue weighted by atomic mass is 9.81. The Kier molecular flexibility index (Phi) is 3.82. The Balaban J connectivity index is 1.62. The van der Waals surface area contributed by atoms with Crippen LogP contribution in [0.25, 0.3) is 0 Å². The van der Waals surface area contributed by atoms with E-state index < -0.39 is 0 Å². The Morgan fingerprint density at radius 3 is 2.71 bits per heavy atom. The number of nitrogens with one attached hydrogen (secondary N) is 1. The molecule has 2 heteroatoms. The Bertz CT molecular complexity index is 162. The van der Waals surface area contributed by atoms with Gasteiger partial charge in [0, 0.05) is 18.7 Å². The molecule has 2 fully saturated rings. The van der Waals surface area contributed by atoms with Crippen LogP contribution in [0, 0.1) is 5.92 Å². The van der Waals surface area contributed by atoms with Crippen molar-refractivity contribution in [2.75, 3.05) is 13.2 Å². The van der Waals surface area contributed by atoms with Crippen molar-refractivity contribution in [3.05, 3.63) is 0 Å². The van der Waals surface area contributed by atoms with Gasteiger partial charge >= 0.3 is 0 Å². The molecule has 0 amide bonds. The van der Waals surface area contributed by atoms with Gasteiger partial charge in [0.25, 0.3) is 0 Å². The highest BCUT2D eigenvalue weighted by molar-refractivity contribution is 4.78. The van der Waals surface area contributed by atoms with E-state index >= 15 is 0 Å². The van der Waals surface area contributed by atoms with Crippen molar-refractivity contribution < 1.29 is 4.74 Å².